The molecule has 6 atom stereocenters. The lowest BCUT2D eigenvalue weighted by Gasteiger charge is -2.25. The molecule has 4 rings (SSSR count). The maximum absolute atomic E-state index is 13.7. The van der Waals surface area contributed by atoms with Gasteiger partial charge in [-0.2, -0.15) is 5.26 Å². The van der Waals surface area contributed by atoms with Crippen LogP contribution in [0, 0.1) is 11.3 Å². The van der Waals surface area contributed by atoms with E-state index in [0.717, 1.165) is 23.8 Å². The Balaban J connectivity index is 1.80. The Kier molecular flexibility index (Phi) is 11.5. The number of carbonyl (C=O) groups is 1. The molecule has 3 aromatic rings. The van der Waals surface area contributed by atoms with E-state index in [2.05, 4.69) is 0 Å². The van der Waals surface area contributed by atoms with Gasteiger partial charge in [-0.1, -0.05) is 58.0 Å². The van der Waals surface area contributed by atoms with Gasteiger partial charge in [-0.3, -0.25) is 14.2 Å². The molecule has 45 heavy (non-hydrogen) atoms. The van der Waals surface area contributed by atoms with Crippen LogP contribution in [0.5, 0.6) is 5.75 Å². The number of rotatable bonds is 10. The van der Waals surface area contributed by atoms with Gasteiger partial charge in [-0.05, 0) is 24.3 Å². The van der Waals surface area contributed by atoms with Crippen LogP contribution in [0.25, 0.3) is 0 Å². The maximum Gasteiger partial charge on any atom is 0.335 e. The van der Waals surface area contributed by atoms with Crippen molar-refractivity contribution in [3.63, 3.8) is 0 Å². The Hall–Kier alpha value is -2.83. The number of benzene rings is 2. The third-order valence-corrected chi connectivity index (χ3v) is 8.31. The van der Waals surface area contributed by atoms with E-state index in [0.29, 0.717) is 10.3 Å². The minimum absolute atomic E-state index is 0.0783. The molecule has 1 N–H and O–H groups in total. The lowest BCUT2D eigenvalue weighted by atomic mass is 10.0. The van der Waals surface area contributed by atoms with E-state index in [9.17, 15) is 24.8 Å². The minimum atomic E-state index is -1.70. The zero-order valence-electron chi connectivity index (χ0n) is 23.6. The number of nitriles is 1. The third-order valence-electron chi connectivity index (χ3n) is 6.84. The van der Waals surface area contributed by atoms with Gasteiger partial charge in [0.15, 0.2) is 18.4 Å². The van der Waals surface area contributed by atoms with E-state index in [1.165, 1.54) is 38.5 Å². The molecule has 0 spiro atoms. The van der Waals surface area contributed by atoms with Crippen LogP contribution in [-0.4, -0.2) is 58.8 Å². The highest BCUT2D eigenvalue weighted by atomic mass is 35.5. The number of esters is 1. The van der Waals surface area contributed by atoms with Crippen molar-refractivity contribution >= 4 is 64.0 Å². The SMILES string of the molecule is COc1cc(Cl)c(C(OCn2c(=O)ccn([C@@H]3O[C@H]([C@@H](O)C#N)[C@@H](OC)[C@H]3OC(C)=O)c2=O)c2c(Cl)cc(Cl)cc2Cl)c(Cl)c1. The molecule has 0 amide bonds. The number of nitrogens with zero attached hydrogens (tertiary/aromatic N) is 3. The van der Waals surface area contributed by atoms with Crippen molar-refractivity contribution in [1.29, 1.82) is 5.26 Å². The molecule has 17 heteroatoms. The maximum atomic E-state index is 13.7. The van der Waals surface area contributed by atoms with Crippen LogP contribution in [-0.2, 0) is 30.5 Å². The second-order valence-corrected chi connectivity index (χ2v) is 11.6. The highest BCUT2D eigenvalue weighted by molar-refractivity contribution is 6.40. The predicted molar refractivity (Wildman–Crippen MR) is 164 cm³/mol. The summed E-state index contributed by atoms with van der Waals surface area (Å²) in [6.07, 6.45) is -6.98. The summed E-state index contributed by atoms with van der Waals surface area (Å²) in [5, 5.41) is 20.1. The lowest BCUT2D eigenvalue weighted by Crippen LogP contribution is -2.45. The highest BCUT2D eigenvalue weighted by Crippen LogP contribution is 2.44. The molecule has 12 nitrogen and oxygen atoms in total. The van der Waals surface area contributed by atoms with E-state index in [1.54, 1.807) is 6.07 Å². The fraction of sp³-hybridized carbons (Fsp3) is 0.357. The Morgan fingerprint density at radius 3 is 2.11 bits per heavy atom. The molecule has 1 aliphatic heterocycles. The molecule has 1 aliphatic rings. The van der Waals surface area contributed by atoms with Crippen molar-refractivity contribution in [2.24, 2.45) is 0 Å². The number of methoxy groups -OCH3 is 2. The molecule has 1 fully saturated rings. The number of carbonyl (C=O) groups excluding carboxylic acids is 1. The first-order valence-electron chi connectivity index (χ1n) is 12.9. The van der Waals surface area contributed by atoms with Crippen LogP contribution in [0.4, 0.5) is 0 Å². The lowest BCUT2D eigenvalue weighted by molar-refractivity contribution is -0.157. The minimum Gasteiger partial charge on any atom is -0.497 e. The second-order valence-electron chi connectivity index (χ2n) is 9.58. The Morgan fingerprint density at radius 1 is 1.02 bits per heavy atom. The van der Waals surface area contributed by atoms with Gasteiger partial charge in [0.1, 0.15) is 30.8 Å². The quantitative estimate of drug-likeness (QED) is 0.229. The molecule has 240 valence electrons. The monoisotopic (exact) mass is 721 g/mol. The number of ether oxygens (including phenoxy) is 5. The summed E-state index contributed by atoms with van der Waals surface area (Å²) in [5.41, 5.74) is -1.37. The third kappa shape index (κ3) is 7.28. The van der Waals surface area contributed by atoms with Crippen molar-refractivity contribution in [3.05, 3.63) is 93.6 Å². The molecular formula is C28H24Cl5N3O9. The van der Waals surface area contributed by atoms with Crippen molar-refractivity contribution in [3.8, 4) is 11.8 Å². The van der Waals surface area contributed by atoms with Gasteiger partial charge in [0.2, 0.25) is 0 Å². The van der Waals surface area contributed by atoms with Gasteiger partial charge in [0.25, 0.3) is 5.56 Å². The summed E-state index contributed by atoms with van der Waals surface area (Å²) in [4.78, 5) is 38.7. The topological polar surface area (TPSA) is 151 Å². The fourth-order valence-corrected chi connectivity index (χ4v) is 6.52. The van der Waals surface area contributed by atoms with Crippen molar-refractivity contribution in [1.82, 2.24) is 9.13 Å². The smallest absolute Gasteiger partial charge is 0.335 e. The fourth-order valence-electron chi connectivity index (χ4n) is 4.84. The molecule has 1 saturated heterocycles. The number of hydrogen-bond donors (Lipinski definition) is 1. The van der Waals surface area contributed by atoms with E-state index in [4.69, 9.17) is 81.7 Å². The number of aliphatic hydroxyl groups is 1. The predicted octanol–water partition coefficient (Wildman–Crippen LogP) is 4.78. The zero-order valence-corrected chi connectivity index (χ0v) is 27.4. The van der Waals surface area contributed by atoms with Gasteiger partial charge < -0.3 is 28.8 Å². The van der Waals surface area contributed by atoms with Crippen LogP contribution in [0.3, 0.4) is 0 Å². The van der Waals surface area contributed by atoms with Crippen molar-refractivity contribution in [2.75, 3.05) is 14.2 Å². The van der Waals surface area contributed by atoms with Gasteiger partial charge >= 0.3 is 11.7 Å². The second kappa shape index (κ2) is 14.7. The molecule has 1 unspecified atom stereocenters. The summed E-state index contributed by atoms with van der Waals surface area (Å²) in [5.74, 6) is -0.406. The summed E-state index contributed by atoms with van der Waals surface area (Å²) in [6.45, 7) is 0.429. The van der Waals surface area contributed by atoms with Crippen LogP contribution in [0.1, 0.15) is 30.4 Å². The van der Waals surface area contributed by atoms with Gasteiger partial charge in [-0.15, -0.1) is 0 Å². The molecule has 0 saturated carbocycles. The summed E-state index contributed by atoms with van der Waals surface area (Å²) in [7, 11) is 2.68. The van der Waals surface area contributed by atoms with Crippen LogP contribution in [0.2, 0.25) is 25.1 Å². The molecule has 0 bridgehead atoms. The molecular weight excluding hydrogens is 700 g/mol. The summed E-state index contributed by atoms with van der Waals surface area (Å²) < 4.78 is 29.5. The first-order valence-corrected chi connectivity index (χ1v) is 14.8. The van der Waals surface area contributed by atoms with Gasteiger partial charge in [-0.25, -0.2) is 9.36 Å². The average Bonchev–Trinajstić information content (AvgIpc) is 3.32. The first kappa shape index (κ1) is 35.0. The van der Waals surface area contributed by atoms with E-state index in [-0.39, 0.29) is 36.2 Å². The largest absolute Gasteiger partial charge is 0.497 e. The Bertz CT molecular complexity index is 1710. The number of aliphatic hydroxyl groups excluding tert-OH is 1. The van der Waals surface area contributed by atoms with Crippen LogP contribution in [0.15, 0.2) is 46.1 Å². The molecule has 0 aliphatic carbocycles. The van der Waals surface area contributed by atoms with Crippen molar-refractivity contribution in [2.45, 2.75) is 50.4 Å². The number of aromatic nitrogens is 2. The summed E-state index contributed by atoms with van der Waals surface area (Å²) >= 11 is 32.3. The number of halogens is 5. The average molecular weight is 724 g/mol. The molecule has 0 radical (unpaired) electrons. The zero-order chi connectivity index (χ0) is 33.2. The van der Waals surface area contributed by atoms with Crippen molar-refractivity contribution < 1.29 is 33.6 Å². The summed E-state index contributed by atoms with van der Waals surface area (Å²) in [6, 6.07) is 8.46. The normalized spacial score (nSPS) is 20.8. The van der Waals surface area contributed by atoms with E-state index >= 15 is 0 Å². The molecule has 1 aromatic heterocycles. The Morgan fingerprint density at radius 2 is 1.60 bits per heavy atom. The van der Waals surface area contributed by atoms with Gasteiger partial charge in [0, 0.05) is 52.5 Å². The Labute approximate surface area is 281 Å². The van der Waals surface area contributed by atoms with E-state index in [1.807, 2.05) is 0 Å². The van der Waals surface area contributed by atoms with Crippen LogP contribution >= 0.6 is 58.0 Å². The molecule has 2 aromatic carbocycles. The highest BCUT2D eigenvalue weighted by Gasteiger charge is 2.51. The van der Waals surface area contributed by atoms with Gasteiger partial charge in [0.05, 0.1) is 23.2 Å². The van der Waals surface area contributed by atoms with E-state index < -0.39 is 60.7 Å². The first-order chi connectivity index (χ1) is 21.3. The standard InChI is InChI=1S/C28H24Cl5N3O9/c1-12(37)44-26-25(42-3)23(19(38)10-34)45-27(26)35-5-4-20(39)36(28(35)40)11-43-24(21-15(30)6-13(29)7-16(21)31)22-17(32)8-14(41-2)9-18(22)33/h4-9,19,23-27,38H,11H2,1-3H3/t19-,23+,24?,25+,26+,27+/m0/s1. The number of hydrogen-bond acceptors (Lipinski definition) is 10. The molecule has 2 heterocycles. The van der Waals surface area contributed by atoms with Crippen LogP contribution < -0.4 is 16.0 Å².